The van der Waals surface area contributed by atoms with E-state index in [2.05, 4.69) is 16.2 Å². The standard InChI is InChI=1S/C16H16ClN3OS/c1-10-3-4-12(9-11(10)2)15(21)19-20-16(22)18-14-7-5-13(17)6-8-14/h3-9H,1-2H3,(H,19,21)(H2,18,20,22). The number of amides is 1. The second-order valence-corrected chi connectivity index (χ2v) is 5.68. The van der Waals surface area contributed by atoms with Crippen LogP contribution in [0.5, 0.6) is 0 Å². The Morgan fingerprint density at radius 2 is 1.68 bits per heavy atom. The number of nitrogens with one attached hydrogen (secondary N) is 3. The highest BCUT2D eigenvalue weighted by Crippen LogP contribution is 2.13. The molecule has 22 heavy (non-hydrogen) atoms. The first kappa shape index (κ1) is 16.3. The van der Waals surface area contributed by atoms with Crippen LogP contribution < -0.4 is 16.2 Å². The van der Waals surface area contributed by atoms with Crippen molar-refractivity contribution in [2.45, 2.75) is 13.8 Å². The van der Waals surface area contributed by atoms with Crippen molar-refractivity contribution in [3.63, 3.8) is 0 Å². The Bertz CT molecular complexity index is 701. The summed E-state index contributed by atoms with van der Waals surface area (Å²) in [5.74, 6) is -0.247. The van der Waals surface area contributed by atoms with E-state index in [-0.39, 0.29) is 5.91 Å². The number of hydrogen-bond acceptors (Lipinski definition) is 2. The molecule has 2 rings (SSSR count). The van der Waals surface area contributed by atoms with Crippen molar-refractivity contribution in [3.8, 4) is 0 Å². The third-order valence-corrected chi connectivity index (χ3v) is 3.62. The predicted octanol–water partition coefficient (Wildman–Crippen LogP) is 3.59. The molecule has 0 radical (unpaired) electrons. The molecule has 0 aliphatic heterocycles. The number of aryl methyl sites for hydroxylation is 2. The van der Waals surface area contributed by atoms with Crippen LogP contribution in [-0.4, -0.2) is 11.0 Å². The maximum atomic E-state index is 12.0. The van der Waals surface area contributed by atoms with Crippen LogP contribution in [0.25, 0.3) is 0 Å². The highest BCUT2D eigenvalue weighted by molar-refractivity contribution is 7.80. The summed E-state index contributed by atoms with van der Waals surface area (Å²) in [5.41, 5.74) is 8.79. The summed E-state index contributed by atoms with van der Waals surface area (Å²) >= 11 is 10.9. The molecule has 0 saturated carbocycles. The lowest BCUT2D eigenvalue weighted by molar-refractivity contribution is 0.0944. The van der Waals surface area contributed by atoms with Gasteiger partial charge in [0.2, 0.25) is 0 Å². The van der Waals surface area contributed by atoms with Crippen LogP contribution in [0.1, 0.15) is 21.5 Å². The van der Waals surface area contributed by atoms with Crippen LogP contribution >= 0.6 is 23.8 Å². The van der Waals surface area contributed by atoms with E-state index in [9.17, 15) is 4.79 Å². The molecule has 4 nitrogen and oxygen atoms in total. The normalized spacial score (nSPS) is 9.95. The SMILES string of the molecule is Cc1ccc(C(=O)NNC(=S)Nc2ccc(Cl)cc2)cc1C. The number of thiocarbonyl (C=S) groups is 1. The molecule has 0 saturated heterocycles. The Morgan fingerprint density at radius 3 is 2.32 bits per heavy atom. The van der Waals surface area contributed by atoms with Crippen LogP contribution in [0.2, 0.25) is 5.02 Å². The number of halogens is 1. The van der Waals surface area contributed by atoms with E-state index in [0.717, 1.165) is 16.8 Å². The van der Waals surface area contributed by atoms with Gasteiger partial charge >= 0.3 is 0 Å². The predicted molar refractivity (Wildman–Crippen MR) is 94.2 cm³/mol. The Balaban J connectivity index is 1.88. The summed E-state index contributed by atoms with van der Waals surface area (Å²) < 4.78 is 0. The third kappa shape index (κ3) is 4.44. The maximum absolute atomic E-state index is 12.0. The molecule has 6 heteroatoms. The number of rotatable bonds is 2. The maximum Gasteiger partial charge on any atom is 0.269 e. The fourth-order valence-electron chi connectivity index (χ4n) is 1.76. The molecule has 0 fully saturated rings. The number of hydrazine groups is 1. The first-order valence-electron chi connectivity index (χ1n) is 6.66. The summed E-state index contributed by atoms with van der Waals surface area (Å²) in [5, 5.41) is 3.88. The van der Waals surface area contributed by atoms with Gasteiger partial charge in [-0.05, 0) is 73.6 Å². The second kappa shape index (κ2) is 7.24. The van der Waals surface area contributed by atoms with Crippen LogP contribution in [0.3, 0.4) is 0 Å². The van der Waals surface area contributed by atoms with Crippen LogP contribution in [-0.2, 0) is 0 Å². The van der Waals surface area contributed by atoms with Gasteiger partial charge in [-0.15, -0.1) is 0 Å². The zero-order valence-electron chi connectivity index (χ0n) is 12.2. The average molecular weight is 334 g/mol. The van der Waals surface area contributed by atoms with E-state index in [1.807, 2.05) is 26.0 Å². The molecule has 114 valence electrons. The molecule has 0 atom stereocenters. The fourth-order valence-corrected chi connectivity index (χ4v) is 2.06. The van der Waals surface area contributed by atoms with E-state index < -0.39 is 0 Å². The van der Waals surface area contributed by atoms with E-state index in [1.165, 1.54) is 0 Å². The molecule has 0 unspecified atom stereocenters. The monoisotopic (exact) mass is 333 g/mol. The summed E-state index contributed by atoms with van der Waals surface area (Å²) in [6, 6.07) is 12.6. The fraction of sp³-hybridized carbons (Fsp3) is 0.125. The quantitative estimate of drug-likeness (QED) is 0.580. The van der Waals surface area contributed by atoms with E-state index in [1.54, 1.807) is 30.3 Å². The number of hydrogen-bond donors (Lipinski definition) is 3. The zero-order valence-corrected chi connectivity index (χ0v) is 13.8. The van der Waals surface area contributed by atoms with Crippen LogP contribution in [0.15, 0.2) is 42.5 Å². The Kier molecular flexibility index (Phi) is 5.35. The largest absolute Gasteiger partial charge is 0.331 e. The van der Waals surface area contributed by atoms with Gasteiger partial charge in [-0.25, -0.2) is 0 Å². The molecule has 3 N–H and O–H groups in total. The summed E-state index contributed by atoms with van der Waals surface area (Å²) in [6.07, 6.45) is 0. The van der Waals surface area contributed by atoms with E-state index in [4.69, 9.17) is 23.8 Å². The van der Waals surface area contributed by atoms with E-state index in [0.29, 0.717) is 15.7 Å². The minimum atomic E-state index is -0.247. The summed E-state index contributed by atoms with van der Waals surface area (Å²) in [4.78, 5) is 12.0. The molecule has 2 aromatic carbocycles. The Morgan fingerprint density at radius 1 is 1.00 bits per heavy atom. The average Bonchev–Trinajstić information content (AvgIpc) is 2.50. The van der Waals surface area contributed by atoms with Crippen molar-refractivity contribution in [1.82, 2.24) is 10.9 Å². The van der Waals surface area contributed by atoms with Crippen molar-refractivity contribution in [2.75, 3.05) is 5.32 Å². The number of carbonyl (C=O) groups excluding carboxylic acids is 1. The van der Waals surface area contributed by atoms with Gasteiger partial charge < -0.3 is 5.32 Å². The zero-order chi connectivity index (χ0) is 16.1. The second-order valence-electron chi connectivity index (χ2n) is 4.84. The lowest BCUT2D eigenvalue weighted by atomic mass is 10.1. The molecule has 0 aromatic heterocycles. The van der Waals surface area contributed by atoms with Gasteiger partial charge in [-0.2, -0.15) is 0 Å². The number of anilines is 1. The molecule has 0 bridgehead atoms. The van der Waals surface area contributed by atoms with Crippen molar-refractivity contribution in [1.29, 1.82) is 0 Å². The topological polar surface area (TPSA) is 53.2 Å². The van der Waals surface area contributed by atoms with Gasteiger partial charge in [0.05, 0.1) is 0 Å². The van der Waals surface area contributed by atoms with Crippen molar-refractivity contribution < 1.29 is 4.79 Å². The number of carbonyl (C=O) groups is 1. The van der Waals surface area contributed by atoms with E-state index >= 15 is 0 Å². The highest BCUT2D eigenvalue weighted by atomic mass is 35.5. The molecule has 0 aliphatic rings. The molecule has 0 heterocycles. The van der Waals surface area contributed by atoms with Crippen molar-refractivity contribution >= 4 is 40.5 Å². The molecule has 0 spiro atoms. The highest BCUT2D eigenvalue weighted by Gasteiger charge is 2.07. The summed E-state index contributed by atoms with van der Waals surface area (Å²) in [7, 11) is 0. The Labute approximate surface area is 139 Å². The minimum Gasteiger partial charge on any atom is -0.331 e. The van der Waals surface area contributed by atoms with Crippen molar-refractivity contribution in [3.05, 3.63) is 64.2 Å². The van der Waals surface area contributed by atoms with Gasteiger partial charge in [-0.1, -0.05) is 17.7 Å². The van der Waals surface area contributed by atoms with Gasteiger partial charge in [0.25, 0.3) is 5.91 Å². The minimum absolute atomic E-state index is 0.247. The van der Waals surface area contributed by atoms with Gasteiger partial charge in [-0.3, -0.25) is 15.6 Å². The lowest BCUT2D eigenvalue weighted by Crippen LogP contribution is -2.43. The Hall–Kier alpha value is -2.11. The smallest absolute Gasteiger partial charge is 0.269 e. The van der Waals surface area contributed by atoms with Gasteiger partial charge in [0.15, 0.2) is 5.11 Å². The molecular weight excluding hydrogens is 318 g/mol. The first-order chi connectivity index (χ1) is 10.5. The number of benzene rings is 2. The molecule has 1 amide bonds. The van der Waals surface area contributed by atoms with Crippen LogP contribution in [0, 0.1) is 13.8 Å². The molecular formula is C16H16ClN3OS. The third-order valence-electron chi connectivity index (χ3n) is 3.16. The van der Waals surface area contributed by atoms with Gasteiger partial charge in [0.1, 0.15) is 0 Å². The lowest BCUT2D eigenvalue weighted by Gasteiger charge is -2.12. The van der Waals surface area contributed by atoms with Crippen LogP contribution in [0.4, 0.5) is 5.69 Å². The molecule has 0 aliphatic carbocycles. The summed E-state index contributed by atoms with van der Waals surface area (Å²) in [6.45, 7) is 3.96. The van der Waals surface area contributed by atoms with Crippen molar-refractivity contribution in [2.24, 2.45) is 0 Å². The van der Waals surface area contributed by atoms with Gasteiger partial charge in [0, 0.05) is 16.3 Å². The first-order valence-corrected chi connectivity index (χ1v) is 7.44. The molecule has 2 aromatic rings.